The first-order valence-corrected chi connectivity index (χ1v) is 7.60. The molecule has 1 aliphatic heterocycles. The van der Waals surface area contributed by atoms with Gasteiger partial charge in [-0.3, -0.25) is 4.90 Å². The average Bonchev–Trinajstić information content (AvgIpc) is 2.47. The fraction of sp³-hybridized carbons (Fsp3) is 0.500. The normalized spacial score (nSPS) is 20.9. The van der Waals surface area contributed by atoms with Gasteiger partial charge < -0.3 is 15.7 Å². The Balaban J connectivity index is 1.85. The number of likely N-dealkylation sites (tertiary alicyclic amines) is 1. The van der Waals surface area contributed by atoms with Gasteiger partial charge in [0.25, 0.3) is 0 Å². The first kappa shape index (κ1) is 15.1. The van der Waals surface area contributed by atoms with Crippen molar-refractivity contribution in [1.29, 1.82) is 0 Å². The lowest BCUT2D eigenvalue weighted by Crippen LogP contribution is -2.49. The van der Waals surface area contributed by atoms with Crippen molar-refractivity contribution < 1.29 is 9.94 Å². The number of ether oxygens (including phenoxy) is 1. The summed E-state index contributed by atoms with van der Waals surface area (Å²) in [7, 11) is 0. The highest BCUT2D eigenvalue weighted by Crippen LogP contribution is 2.19. The summed E-state index contributed by atoms with van der Waals surface area (Å²) >= 11 is 3.42. The molecule has 0 aliphatic carbocycles. The lowest BCUT2D eigenvalue weighted by molar-refractivity contribution is 0.153. The largest absolute Gasteiger partial charge is 0.492 e. The van der Waals surface area contributed by atoms with Gasteiger partial charge in [-0.2, -0.15) is 0 Å². The minimum absolute atomic E-state index is 0.0276. The molecule has 1 atom stereocenters. The second-order valence-corrected chi connectivity index (χ2v) is 5.79. The number of hydrogen-bond acceptors (Lipinski definition) is 4. The molecule has 1 unspecified atom stereocenters. The van der Waals surface area contributed by atoms with Crippen LogP contribution in [-0.2, 0) is 0 Å². The molecule has 0 bridgehead atoms. The fourth-order valence-electron chi connectivity index (χ4n) is 2.50. The molecular formula is C14H20BrN3O2. The zero-order chi connectivity index (χ0) is 14.4. The number of amidine groups is 1. The quantitative estimate of drug-likeness (QED) is 0.373. The van der Waals surface area contributed by atoms with E-state index >= 15 is 0 Å². The van der Waals surface area contributed by atoms with Gasteiger partial charge in [-0.05, 0) is 37.6 Å². The average molecular weight is 342 g/mol. The van der Waals surface area contributed by atoms with Crippen LogP contribution in [0.5, 0.6) is 5.75 Å². The van der Waals surface area contributed by atoms with Crippen molar-refractivity contribution in [3.8, 4) is 5.75 Å². The summed E-state index contributed by atoms with van der Waals surface area (Å²) in [5.41, 5.74) is 5.75. The van der Waals surface area contributed by atoms with Crippen molar-refractivity contribution in [2.75, 3.05) is 19.7 Å². The SMILES string of the molecule is NC(=NO)C1CCCCN1CCOc1cccc(Br)c1. The van der Waals surface area contributed by atoms with Crippen LogP contribution >= 0.6 is 15.9 Å². The molecule has 0 amide bonds. The number of hydrogen-bond donors (Lipinski definition) is 2. The monoisotopic (exact) mass is 341 g/mol. The predicted molar refractivity (Wildman–Crippen MR) is 82.3 cm³/mol. The van der Waals surface area contributed by atoms with E-state index in [-0.39, 0.29) is 6.04 Å². The maximum atomic E-state index is 8.84. The van der Waals surface area contributed by atoms with Crippen LogP contribution in [0.4, 0.5) is 0 Å². The Hall–Kier alpha value is -1.27. The number of oxime groups is 1. The lowest BCUT2D eigenvalue weighted by atomic mass is 10.0. The highest BCUT2D eigenvalue weighted by molar-refractivity contribution is 9.10. The number of piperidine rings is 1. The van der Waals surface area contributed by atoms with Gasteiger partial charge >= 0.3 is 0 Å². The summed E-state index contributed by atoms with van der Waals surface area (Å²) in [5, 5.41) is 12.0. The summed E-state index contributed by atoms with van der Waals surface area (Å²) in [6.07, 6.45) is 3.20. The molecule has 1 saturated heterocycles. The molecule has 0 radical (unpaired) electrons. The second-order valence-electron chi connectivity index (χ2n) is 4.88. The minimum atomic E-state index is 0.0276. The minimum Gasteiger partial charge on any atom is -0.492 e. The van der Waals surface area contributed by atoms with Crippen LogP contribution in [0, 0.1) is 0 Å². The molecule has 2 rings (SSSR count). The Morgan fingerprint density at radius 2 is 2.35 bits per heavy atom. The first-order chi connectivity index (χ1) is 9.70. The smallest absolute Gasteiger partial charge is 0.156 e. The molecule has 110 valence electrons. The van der Waals surface area contributed by atoms with Crippen molar-refractivity contribution in [2.24, 2.45) is 10.9 Å². The van der Waals surface area contributed by atoms with E-state index in [1.807, 2.05) is 24.3 Å². The molecule has 1 heterocycles. The van der Waals surface area contributed by atoms with Crippen LogP contribution in [0.25, 0.3) is 0 Å². The zero-order valence-corrected chi connectivity index (χ0v) is 12.9. The number of nitrogens with two attached hydrogens (primary N) is 1. The van der Waals surface area contributed by atoms with Gasteiger partial charge in [0.1, 0.15) is 12.4 Å². The number of benzene rings is 1. The summed E-state index contributed by atoms with van der Waals surface area (Å²) in [6.45, 7) is 2.32. The van der Waals surface area contributed by atoms with Crippen molar-refractivity contribution >= 4 is 21.8 Å². The maximum absolute atomic E-state index is 8.84. The number of nitrogens with zero attached hydrogens (tertiary/aromatic N) is 2. The predicted octanol–water partition coefficient (Wildman–Crippen LogP) is 2.43. The number of halogens is 1. The third kappa shape index (κ3) is 4.11. The van der Waals surface area contributed by atoms with Crippen LogP contribution < -0.4 is 10.5 Å². The fourth-order valence-corrected chi connectivity index (χ4v) is 2.88. The van der Waals surface area contributed by atoms with Gasteiger partial charge in [0.15, 0.2) is 5.84 Å². The molecule has 5 nitrogen and oxygen atoms in total. The van der Waals surface area contributed by atoms with E-state index in [4.69, 9.17) is 15.7 Å². The van der Waals surface area contributed by atoms with E-state index in [9.17, 15) is 0 Å². The molecule has 1 aromatic carbocycles. The molecule has 1 aliphatic rings. The Morgan fingerprint density at radius 3 is 3.10 bits per heavy atom. The third-order valence-corrected chi connectivity index (χ3v) is 4.01. The van der Waals surface area contributed by atoms with Crippen LogP contribution in [-0.4, -0.2) is 41.7 Å². The van der Waals surface area contributed by atoms with E-state index in [2.05, 4.69) is 26.0 Å². The second kappa shape index (κ2) is 7.50. The summed E-state index contributed by atoms with van der Waals surface area (Å²) in [5.74, 6) is 1.14. The Labute approximate surface area is 127 Å². The van der Waals surface area contributed by atoms with Crippen LogP contribution in [0.3, 0.4) is 0 Å². The lowest BCUT2D eigenvalue weighted by Gasteiger charge is -2.34. The molecule has 6 heteroatoms. The van der Waals surface area contributed by atoms with E-state index in [1.165, 1.54) is 0 Å². The molecular weight excluding hydrogens is 322 g/mol. The number of rotatable bonds is 5. The van der Waals surface area contributed by atoms with Crippen molar-refractivity contribution in [3.63, 3.8) is 0 Å². The first-order valence-electron chi connectivity index (χ1n) is 6.80. The van der Waals surface area contributed by atoms with E-state index in [1.54, 1.807) is 0 Å². The Morgan fingerprint density at radius 1 is 1.50 bits per heavy atom. The highest BCUT2D eigenvalue weighted by Gasteiger charge is 2.25. The van der Waals surface area contributed by atoms with E-state index < -0.39 is 0 Å². The molecule has 0 spiro atoms. The molecule has 3 N–H and O–H groups in total. The van der Waals surface area contributed by atoms with Gasteiger partial charge in [-0.25, -0.2) is 0 Å². The summed E-state index contributed by atoms with van der Waals surface area (Å²) < 4.78 is 6.74. The van der Waals surface area contributed by atoms with Crippen LogP contribution in [0.2, 0.25) is 0 Å². The Bertz CT molecular complexity index is 467. The van der Waals surface area contributed by atoms with Gasteiger partial charge in [0, 0.05) is 11.0 Å². The van der Waals surface area contributed by atoms with Crippen LogP contribution in [0.15, 0.2) is 33.9 Å². The molecule has 1 aromatic rings. The standard InChI is InChI=1S/C14H20BrN3O2/c15-11-4-3-5-12(10-11)20-9-8-18-7-2-1-6-13(18)14(16)17-19/h3-5,10,13,19H,1-2,6-9H2,(H2,16,17). The van der Waals surface area contributed by atoms with Gasteiger partial charge in [-0.15, -0.1) is 0 Å². The van der Waals surface area contributed by atoms with Gasteiger partial charge in [-0.1, -0.05) is 33.6 Å². The molecule has 20 heavy (non-hydrogen) atoms. The summed E-state index contributed by atoms with van der Waals surface area (Å²) in [4.78, 5) is 2.22. The highest BCUT2D eigenvalue weighted by atomic mass is 79.9. The van der Waals surface area contributed by atoms with Gasteiger partial charge in [0.2, 0.25) is 0 Å². The van der Waals surface area contributed by atoms with Crippen molar-refractivity contribution in [2.45, 2.75) is 25.3 Å². The van der Waals surface area contributed by atoms with Crippen LogP contribution in [0.1, 0.15) is 19.3 Å². The zero-order valence-electron chi connectivity index (χ0n) is 11.3. The molecule has 0 aromatic heterocycles. The molecule has 0 saturated carbocycles. The topological polar surface area (TPSA) is 71.1 Å². The maximum Gasteiger partial charge on any atom is 0.156 e. The van der Waals surface area contributed by atoms with Gasteiger partial charge in [0.05, 0.1) is 6.04 Å². The van der Waals surface area contributed by atoms with Crippen molar-refractivity contribution in [1.82, 2.24) is 4.90 Å². The van der Waals surface area contributed by atoms with E-state index in [0.717, 1.165) is 42.6 Å². The van der Waals surface area contributed by atoms with Crippen molar-refractivity contribution in [3.05, 3.63) is 28.7 Å². The summed E-state index contributed by atoms with van der Waals surface area (Å²) in [6, 6.07) is 7.81. The van der Waals surface area contributed by atoms with E-state index in [0.29, 0.717) is 12.4 Å². The molecule has 1 fully saturated rings. The Kier molecular flexibility index (Phi) is 5.67. The third-order valence-electron chi connectivity index (χ3n) is 3.51.